The van der Waals surface area contributed by atoms with E-state index in [0.717, 1.165) is 6.54 Å². The molecule has 1 nitrogen and oxygen atoms in total. The molecule has 0 unspecified atom stereocenters. The Morgan fingerprint density at radius 2 is 2.50 bits per heavy atom. The van der Waals surface area contributed by atoms with Crippen molar-refractivity contribution >= 4 is 15.9 Å². The van der Waals surface area contributed by atoms with Crippen LogP contribution in [0.25, 0.3) is 0 Å². The van der Waals surface area contributed by atoms with Gasteiger partial charge in [0.15, 0.2) is 0 Å². The Morgan fingerprint density at radius 3 is 2.88 bits per heavy atom. The fourth-order valence-corrected chi connectivity index (χ4v) is 0.867. The van der Waals surface area contributed by atoms with Gasteiger partial charge in [0.05, 0.1) is 0 Å². The minimum atomic E-state index is 0.942. The van der Waals surface area contributed by atoms with Crippen LogP contribution in [0.2, 0.25) is 0 Å². The lowest BCUT2D eigenvalue weighted by molar-refractivity contribution is 0.952. The summed E-state index contributed by atoms with van der Waals surface area (Å²) in [6.07, 6.45) is 4.11. The number of rotatable bonds is 0. The summed E-state index contributed by atoms with van der Waals surface area (Å²) in [5.74, 6) is 0. The summed E-state index contributed by atoms with van der Waals surface area (Å²) in [6, 6.07) is 0. The molecule has 1 rings (SSSR count). The maximum atomic E-state index is 3.41. The minimum Gasteiger partial charge on any atom is -0.387 e. The Bertz CT molecular complexity index is 129. The van der Waals surface area contributed by atoms with Crippen molar-refractivity contribution in [1.82, 2.24) is 5.32 Å². The fourth-order valence-electron chi connectivity index (χ4n) is 0.590. The summed E-state index contributed by atoms with van der Waals surface area (Å²) in [7, 11) is 0. The smallest absolute Gasteiger partial charge is 0.0339 e. The standard InChI is InChI=1S/C6H8BrN/c1-5-4-8-3-2-6(5)7/h2,4,8H,3H2,1H3. The summed E-state index contributed by atoms with van der Waals surface area (Å²) >= 11 is 3.41. The van der Waals surface area contributed by atoms with Crippen molar-refractivity contribution in [3.63, 3.8) is 0 Å². The van der Waals surface area contributed by atoms with Gasteiger partial charge in [0.25, 0.3) is 0 Å². The van der Waals surface area contributed by atoms with Crippen LogP contribution in [0.5, 0.6) is 0 Å². The van der Waals surface area contributed by atoms with E-state index in [2.05, 4.69) is 34.2 Å². The van der Waals surface area contributed by atoms with Gasteiger partial charge >= 0.3 is 0 Å². The zero-order valence-electron chi connectivity index (χ0n) is 4.74. The second-order valence-corrected chi connectivity index (χ2v) is 2.64. The molecule has 1 aliphatic rings. The highest BCUT2D eigenvalue weighted by Crippen LogP contribution is 2.16. The molecule has 0 atom stereocenters. The zero-order chi connectivity index (χ0) is 5.98. The van der Waals surface area contributed by atoms with E-state index in [1.807, 2.05) is 6.20 Å². The number of hydrogen-bond acceptors (Lipinski definition) is 1. The molecule has 0 fully saturated rings. The molecule has 0 saturated carbocycles. The van der Waals surface area contributed by atoms with Gasteiger partial charge in [0.2, 0.25) is 0 Å². The lowest BCUT2D eigenvalue weighted by Crippen LogP contribution is -2.09. The fraction of sp³-hybridized carbons (Fsp3) is 0.333. The van der Waals surface area contributed by atoms with Crippen LogP contribution in [0.4, 0.5) is 0 Å². The second kappa shape index (κ2) is 2.35. The normalized spacial score (nSPS) is 18.8. The molecule has 0 aromatic rings. The summed E-state index contributed by atoms with van der Waals surface area (Å²) < 4.78 is 1.20. The van der Waals surface area contributed by atoms with Crippen LogP contribution < -0.4 is 5.32 Å². The Kier molecular flexibility index (Phi) is 1.73. The van der Waals surface area contributed by atoms with E-state index in [1.54, 1.807) is 0 Å². The summed E-state index contributed by atoms with van der Waals surface area (Å²) in [5.41, 5.74) is 1.26. The third-order valence-electron chi connectivity index (χ3n) is 1.09. The largest absolute Gasteiger partial charge is 0.387 e. The highest BCUT2D eigenvalue weighted by atomic mass is 79.9. The van der Waals surface area contributed by atoms with Crippen LogP contribution in [0.15, 0.2) is 22.3 Å². The van der Waals surface area contributed by atoms with Gasteiger partial charge in [-0.2, -0.15) is 0 Å². The van der Waals surface area contributed by atoms with Gasteiger partial charge in [-0.05, 0) is 12.5 Å². The first-order chi connectivity index (χ1) is 3.80. The lowest BCUT2D eigenvalue weighted by atomic mass is 10.2. The van der Waals surface area contributed by atoms with Crippen LogP contribution in [0, 0.1) is 0 Å². The van der Waals surface area contributed by atoms with Gasteiger partial charge in [-0.3, -0.25) is 0 Å². The highest BCUT2D eigenvalue weighted by molar-refractivity contribution is 9.12. The van der Waals surface area contributed by atoms with Crippen LogP contribution in [-0.4, -0.2) is 6.54 Å². The van der Waals surface area contributed by atoms with Crippen molar-refractivity contribution in [2.45, 2.75) is 6.92 Å². The number of dihydropyridines is 1. The van der Waals surface area contributed by atoms with Gasteiger partial charge in [-0.25, -0.2) is 0 Å². The highest BCUT2D eigenvalue weighted by Gasteiger charge is 1.96. The van der Waals surface area contributed by atoms with Crippen molar-refractivity contribution in [2.24, 2.45) is 0 Å². The summed E-state index contributed by atoms with van der Waals surface area (Å²) in [5, 5.41) is 3.10. The quantitative estimate of drug-likeness (QED) is 0.590. The first-order valence-corrected chi connectivity index (χ1v) is 3.36. The average molecular weight is 174 g/mol. The molecule has 2 heteroatoms. The molecule has 0 saturated heterocycles. The Balaban J connectivity index is 2.73. The molecule has 44 valence electrons. The van der Waals surface area contributed by atoms with Crippen molar-refractivity contribution in [1.29, 1.82) is 0 Å². The molecular weight excluding hydrogens is 166 g/mol. The number of allylic oxidation sites excluding steroid dienone is 2. The minimum absolute atomic E-state index is 0.942. The maximum absolute atomic E-state index is 3.41. The summed E-state index contributed by atoms with van der Waals surface area (Å²) in [6.45, 7) is 3.00. The molecule has 0 amide bonds. The third kappa shape index (κ3) is 1.13. The van der Waals surface area contributed by atoms with Gasteiger partial charge in [-0.1, -0.05) is 22.0 Å². The predicted molar refractivity (Wildman–Crippen MR) is 38.8 cm³/mol. The van der Waals surface area contributed by atoms with Crippen molar-refractivity contribution in [3.8, 4) is 0 Å². The van der Waals surface area contributed by atoms with E-state index >= 15 is 0 Å². The first kappa shape index (κ1) is 5.89. The molecule has 0 bridgehead atoms. The van der Waals surface area contributed by atoms with Crippen LogP contribution in [0.1, 0.15) is 6.92 Å². The molecule has 1 N–H and O–H groups in total. The summed E-state index contributed by atoms with van der Waals surface area (Å²) in [4.78, 5) is 0. The van der Waals surface area contributed by atoms with Crippen molar-refractivity contribution in [3.05, 3.63) is 22.3 Å². The van der Waals surface area contributed by atoms with Crippen molar-refractivity contribution < 1.29 is 0 Å². The van der Waals surface area contributed by atoms with E-state index in [1.165, 1.54) is 10.1 Å². The Hall–Kier alpha value is -0.240. The Labute approximate surface area is 57.6 Å². The lowest BCUT2D eigenvalue weighted by Gasteiger charge is -2.06. The zero-order valence-corrected chi connectivity index (χ0v) is 6.33. The Morgan fingerprint density at radius 1 is 1.75 bits per heavy atom. The van der Waals surface area contributed by atoms with Crippen LogP contribution in [-0.2, 0) is 0 Å². The average Bonchev–Trinajstić information content (AvgIpc) is 1.77. The molecule has 0 aromatic heterocycles. The molecular formula is C6H8BrN. The number of nitrogens with one attached hydrogen (secondary N) is 1. The van der Waals surface area contributed by atoms with E-state index in [-0.39, 0.29) is 0 Å². The molecule has 0 radical (unpaired) electrons. The van der Waals surface area contributed by atoms with Gasteiger partial charge in [-0.15, -0.1) is 0 Å². The van der Waals surface area contributed by atoms with E-state index in [9.17, 15) is 0 Å². The van der Waals surface area contributed by atoms with E-state index in [0.29, 0.717) is 0 Å². The van der Waals surface area contributed by atoms with E-state index < -0.39 is 0 Å². The number of hydrogen-bond donors (Lipinski definition) is 1. The maximum Gasteiger partial charge on any atom is 0.0339 e. The van der Waals surface area contributed by atoms with E-state index in [4.69, 9.17) is 0 Å². The predicted octanol–water partition coefficient (Wildman–Crippen LogP) is 1.77. The number of halogens is 1. The topological polar surface area (TPSA) is 12.0 Å². The van der Waals surface area contributed by atoms with Gasteiger partial charge in [0.1, 0.15) is 0 Å². The molecule has 8 heavy (non-hydrogen) atoms. The SMILES string of the molecule is CC1=CNCC=C1Br. The molecule has 0 aromatic carbocycles. The molecule has 1 heterocycles. The molecule has 0 aliphatic carbocycles. The molecule has 1 aliphatic heterocycles. The third-order valence-corrected chi connectivity index (χ3v) is 2.04. The monoisotopic (exact) mass is 173 g/mol. The van der Waals surface area contributed by atoms with Crippen molar-refractivity contribution in [2.75, 3.05) is 6.54 Å². The van der Waals surface area contributed by atoms with Crippen LogP contribution in [0.3, 0.4) is 0 Å². The van der Waals surface area contributed by atoms with Gasteiger partial charge < -0.3 is 5.32 Å². The van der Waals surface area contributed by atoms with Crippen LogP contribution >= 0.6 is 15.9 Å². The van der Waals surface area contributed by atoms with Gasteiger partial charge in [0, 0.05) is 17.2 Å². The molecule has 0 spiro atoms. The second-order valence-electron chi connectivity index (χ2n) is 1.79. The first-order valence-electron chi connectivity index (χ1n) is 2.57.